The van der Waals surface area contributed by atoms with E-state index in [9.17, 15) is 0 Å². The Hall–Kier alpha value is -1.79. The molecule has 0 saturated heterocycles. The molecule has 146 valence electrons. The number of anilines is 1. The summed E-state index contributed by atoms with van der Waals surface area (Å²) in [5, 5.41) is 4.00. The molecule has 0 atom stereocenters. The maximum Gasteiger partial charge on any atom is 0.174 e. The van der Waals surface area contributed by atoms with Gasteiger partial charge in [-0.3, -0.25) is 0 Å². The first-order valence-corrected chi connectivity index (χ1v) is 10.4. The van der Waals surface area contributed by atoms with Crippen molar-refractivity contribution in [2.75, 3.05) is 18.5 Å². The zero-order valence-corrected chi connectivity index (χ0v) is 18.7. The predicted octanol–water partition coefficient (Wildman–Crippen LogP) is 5.85. The summed E-state index contributed by atoms with van der Waals surface area (Å²) in [6, 6.07) is 14.3. The SMILES string of the molecule is CCOc1ccc(OCC)c(NC(=S)N(Cc2cccc(Br)c2)C(C)C)c1. The van der Waals surface area contributed by atoms with Gasteiger partial charge in [0.05, 0.1) is 18.9 Å². The number of hydrogen-bond acceptors (Lipinski definition) is 3. The second kappa shape index (κ2) is 10.5. The second-order valence-corrected chi connectivity index (χ2v) is 7.61. The molecule has 0 saturated carbocycles. The van der Waals surface area contributed by atoms with Crippen molar-refractivity contribution in [1.29, 1.82) is 0 Å². The lowest BCUT2D eigenvalue weighted by Gasteiger charge is -2.30. The predicted molar refractivity (Wildman–Crippen MR) is 120 cm³/mol. The molecule has 0 aliphatic heterocycles. The maximum atomic E-state index is 5.74. The Morgan fingerprint density at radius 1 is 1.11 bits per heavy atom. The lowest BCUT2D eigenvalue weighted by molar-refractivity contribution is 0.331. The van der Waals surface area contributed by atoms with E-state index in [0.29, 0.717) is 18.3 Å². The number of thiocarbonyl (C=S) groups is 1. The number of benzene rings is 2. The number of hydrogen-bond donors (Lipinski definition) is 1. The van der Waals surface area contributed by atoms with Gasteiger partial charge < -0.3 is 19.7 Å². The van der Waals surface area contributed by atoms with Crippen LogP contribution in [0.4, 0.5) is 5.69 Å². The maximum absolute atomic E-state index is 5.74. The van der Waals surface area contributed by atoms with Crippen LogP contribution in [0, 0.1) is 0 Å². The van der Waals surface area contributed by atoms with E-state index in [1.54, 1.807) is 0 Å². The summed E-state index contributed by atoms with van der Waals surface area (Å²) >= 11 is 9.26. The molecule has 0 aliphatic carbocycles. The number of rotatable bonds is 8. The first-order valence-electron chi connectivity index (χ1n) is 9.16. The summed E-state index contributed by atoms with van der Waals surface area (Å²) < 4.78 is 12.4. The lowest BCUT2D eigenvalue weighted by atomic mass is 10.2. The number of halogens is 1. The molecule has 0 radical (unpaired) electrons. The highest BCUT2D eigenvalue weighted by molar-refractivity contribution is 9.10. The summed E-state index contributed by atoms with van der Waals surface area (Å²) in [5.74, 6) is 1.55. The van der Waals surface area contributed by atoms with Gasteiger partial charge in [0.15, 0.2) is 5.11 Å². The fourth-order valence-electron chi connectivity index (χ4n) is 2.65. The van der Waals surface area contributed by atoms with Gasteiger partial charge in [-0.2, -0.15) is 0 Å². The van der Waals surface area contributed by atoms with E-state index in [4.69, 9.17) is 21.7 Å². The van der Waals surface area contributed by atoms with Gasteiger partial charge in [0.25, 0.3) is 0 Å². The molecule has 0 aromatic heterocycles. The molecule has 0 bridgehead atoms. The molecule has 2 rings (SSSR count). The molecule has 0 heterocycles. The van der Waals surface area contributed by atoms with Crippen molar-refractivity contribution >= 4 is 38.9 Å². The summed E-state index contributed by atoms with van der Waals surface area (Å²) in [6.07, 6.45) is 0. The molecular formula is C21H27BrN2O2S. The normalized spacial score (nSPS) is 10.6. The molecule has 0 unspecified atom stereocenters. The van der Waals surface area contributed by atoms with Crippen LogP contribution in [-0.4, -0.2) is 29.3 Å². The average molecular weight is 451 g/mol. The second-order valence-electron chi connectivity index (χ2n) is 6.31. The monoisotopic (exact) mass is 450 g/mol. The zero-order valence-electron chi connectivity index (χ0n) is 16.3. The van der Waals surface area contributed by atoms with Crippen molar-refractivity contribution in [2.45, 2.75) is 40.3 Å². The standard InChI is InChI=1S/C21H27BrN2O2S/c1-5-25-18-10-11-20(26-6-2)19(13-18)23-21(27)24(15(3)4)14-16-8-7-9-17(22)12-16/h7-13,15H,5-6,14H2,1-4H3,(H,23,27). The van der Waals surface area contributed by atoms with E-state index in [2.05, 4.69) is 52.1 Å². The summed E-state index contributed by atoms with van der Waals surface area (Å²) in [7, 11) is 0. The Bertz CT molecular complexity index is 768. The minimum absolute atomic E-state index is 0.245. The van der Waals surface area contributed by atoms with Crippen LogP contribution in [0.2, 0.25) is 0 Å². The summed E-state index contributed by atoms with van der Waals surface area (Å²) in [6.45, 7) is 10.1. The van der Waals surface area contributed by atoms with Crippen LogP contribution in [0.5, 0.6) is 11.5 Å². The molecule has 0 fully saturated rings. The van der Waals surface area contributed by atoms with Gasteiger partial charge in [0.1, 0.15) is 11.5 Å². The van der Waals surface area contributed by atoms with Crippen LogP contribution in [-0.2, 0) is 6.54 Å². The first-order chi connectivity index (χ1) is 12.9. The van der Waals surface area contributed by atoms with E-state index >= 15 is 0 Å². The van der Waals surface area contributed by atoms with Gasteiger partial charge in [-0.05, 0) is 69.7 Å². The topological polar surface area (TPSA) is 33.7 Å². The molecule has 0 amide bonds. The third-order valence-corrected chi connectivity index (χ3v) is 4.76. The van der Waals surface area contributed by atoms with Crippen LogP contribution in [0.3, 0.4) is 0 Å². The smallest absolute Gasteiger partial charge is 0.174 e. The fraction of sp³-hybridized carbons (Fsp3) is 0.381. The highest BCUT2D eigenvalue weighted by Gasteiger charge is 2.16. The zero-order chi connectivity index (χ0) is 19.8. The molecule has 6 heteroatoms. The van der Waals surface area contributed by atoms with E-state index < -0.39 is 0 Å². The Labute approximate surface area is 176 Å². The lowest BCUT2D eigenvalue weighted by Crippen LogP contribution is -2.39. The third-order valence-electron chi connectivity index (χ3n) is 3.93. The van der Waals surface area contributed by atoms with Crippen LogP contribution >= 0.6 is 28.1 Å². The Kier molecular flexibility index (Phi) is 8.38. The number of nitrogens with zero attached hydrogens (tertiary/aromatic N) is 1. The van der Waals surface area contributed by atoms with Gasteiger partial charge in [0, 0.05) is 23.1 Å². The van der Waals surface area contributed by atoms with Gasteiger partial charge in [-0.25, -0.2) is 0 Å². The Morgan fingerprint density at radius 2 is 1.85 bits per heavy atom. The van der Waals surface area contributed by atoms with E-state index in [0.717, 1.165) is 28.2 Å². The molecule has 4 nitrogen and oxygen atoms in total. The van der Waals surface area contributed by atoms with Crippen molar-refractivity contribution in [3.05, 3.63) is 52.5 Å². The van der Waals surface area contributed by atoms with Gasteiger partial charge >= 0.3 is 0 Å². The molecule has 27 heavy (non-hydrogen) atoms. The van der Waals surface area contributed by atoms with E-state index in [1.165, 1.54) is 5.56 Å². The quantitative estimate of drug-likeness (QED) is 0.509. The molecular weight excluding hydrogens is 424 g/mol. The Morgan fingerprint density at radius 3 is 2.48 bits per heavy atom. The van der Waals surface area contributed by atoms with Crippen LogP contribution in [0.1, 0.15) is 33.3 Å². The highest BCUT2D eigenvalue weighted by Crippen LogP contribution is 2.30. The first kappa shape index (κ1) is 21.5. The largest absolute Gasteiger partial charge is 0.494 e. The molecule has 0 spiro atoms. The van der Waals surface area contributed by atoms with Crippen molar-refractivity contribution < 1.29 is 9.47 Å². The van der Waals surface area contributed by atoms with Crippen LogP contribution < -0.4 is 14.8 Å². The van der Waals surface area contributed by atoms with Gasteiger partial charge in [-0.15, -0.1) is 0 Å². The highest BCUT2D eigenvalue weighted by atomic mass is 79.9. The molecule has 1 N–H and O–H groups in total. The van der Waals surface area contributed by atoms with E-state index in [1.807, 2.05) is 44.2 Å². The van der Waals surface area contributed by atoms with Crippen molar-refractivity contribution in [1.82, 2.24) is 4.90 Å². The molecule has 2 aromatic rings. The Balaban J connectivity index is 2.22. The number of ether oxygens (including phenoxy) is 2. The molecule has 2 aromatic carbocycles. The van der Waals surface area contributed by atoms with Gasteiger partial charge in [0.2, 0.25) is 0 Å². The van der Waals surface area contributed by atoms with Crippen LogP contribution in [0.15, 0.2) is 46.9 Å². The number of nitrogens with one attached hydrogen (secondary N) is 1. The summed E-state index contributed by atoms with van der Waals surface area (Å²) in [4.78, 5) is 2.15. The van der Waals surface area contributed by atoms with Gasteiger partial charge in [-0.1, -0.05) is 28.1 Å². The van der Waals surface area contributed by atoms with Crippen molar-refractivity contribution in [3.63, 3.8) is 0 Å². The molecule has 0 aliphatic rings. The van der Waals surface area contributed by atoms with Crippen LogP contribution in [0.25, 0.3) is 0 Å². The van der Waals surface area contributed by atoms with E-state index in [-0.39, 0.29) is 6.04 Å². The third kappa shape index (κ3) is 6.40. The average Bonchev–Trinajstić information content (AvgIpc) is 2.62. The minimum atomic E-state index is 0.245. The fourth-order valence-corrected chi connectivity index (χ4v) is 3.48. The van der Waals surface area contributed by atoms with Crippen molar-refractivity contribution in [3.8, 4) is 11.5 Å². The van der Waals surface area contributed by atoms with Crippen molar-refractivity contribution in [2.24, 2.45) is 0 Å². The summed E-state index contributed by atoms with van der Waals surface area (Å²) in [5.41, 5.74) is 2.00. The minimum Gasteiger partial charge on any atom is -0.494 e.